The summed E-state index contributed by atoms with van der Waals surface area (Å²) in [5.74, 6) is 0. The van der Waals surface area contributed by atoms with Gasteiger partial charge >= 0.3 is 0 Å². The van der Waals surface area contributed by atoms with Gasteiger partial charge in [-0.05, 0) is 31.5 Å². The smallest absolute Gasteiger partial charge is 0.129 e. The maximum absolute atomic E-state index is 5.80. The highest BCUT2D eigenvalue weighted by atomic mass is 35.5. The van der Waals surface area contributed by atoms with Crippen molar-refractivity contribution in [2.24, 2.45) is 5.73 Å². The van der Waals surface area contributed by atoms with E-state index in [2.05, 4.69) is 11.1 Å². The fourth-order valence-electron chi connectivity index (χ4n) is 1.37. The highest BCUT2D eigenvalue weighted by Gasteiger charge is 2.05. The average molecular weight is 227 g/mol. The van der Waals surface area contributed by atoms with Crippen molar-refractivity contribution in [1.29, 1.82) is 0 Å². The van der Waals surface area contributed by atoms with Gasteiger partial charge in [0.1, 0.15) is 5.15 Å². The Kier molecular flexibility index (Phi) is 2.72. The van der Waals surface area contributed by atoms with Gasteiger partial charge in [-0.3, -0.25) is 0 Å². The molecule has 2 heterocycles. The molecule has 4 heteroatoms. The zero-order valence-corrected chi connectivity index (χ0v) is 9.40. The van der Waals surface area contributed by atoms with Crippen molar-refractivity contribution in [3.8, 4) is 0 Å². The van der Waals surface area contributed by atoms with Crippen molar-refractivity contribution in [2.45, 2.75) is 19.4 Å². The summed E-state index contributed by atoms with van der Waals surface area (Å²) in [7, 11) is 0. The Labute approximate surface area is 91.7 Å². The van der Waals surface area contributed by atoms with Crippen LogP contribution in [0.4, 0.5) is 0 Å². The lowest BCUT2D eigenvalue weighted by molar-refractivity contribution is 0.747. The summed E-state index contributed by atoms with van der Waals surface area (Å²) in [4.78, 5) is 5.51. The molecular formula is C10H11ClN2S. The summed E-state index contributed by atoms with van der Waals surface area (Å²) < 4.78 is 1.17. The van der Waals surface area contributed by atoms with Gasteiger partial charge in [0.25, 0.3) is 0 Å². The number of thiophene rings is 1. The number of nitrogens with two attached hydrogens (primary N) is 1. The van der Waals surface area contributed by atoms with Crippen molar-refractivity contribution < 1.29 is 0 Å². The van der Waals surface area contributed by atoms with E-state index < -0.39 is 0 Å². The number of rotatable bonds is 2. The molecule has 2 N–H and O–H groups in total. The van der Waals surface area contributed by atoms with Gasteiger partial charge in [0.15, 0.2) is 0 Å². The third kappa shape index (κ3) is 2.05. The van der Waals surface area contributed by atoms with Crippen molar-refractivity contribution >= 4 is 33.2 Å². The largest absolute Gasteiger partial charge is 0.328 e. The minimum Gasteiger partial charge on any atom is -0.328 e. The summed E-state index contributed by atoms with van der Waals surface area (Å²) in [6.45, 7) is 2.00. The molecule has 2 aromatic heterocycles. The van der Waals surface area contributed by atoms with Crippen LogP contribution in [0.3, 0.4) is 0 Å². The molecule has 0 aliphatic carbocycles. The first-order valence-electron chi connectivity index (χ1n) is 4.45. The lowest BCUT2D eigenvalue weighted by atomic mass is 10.2. The number of hydrogen-bond acceptors (Lipinski definition) is 3. The van der Waals surface area contributed by atoms with E-state index in [-0.39, 0.29) is 6.04 Å². The van der Waals surface area contributed by atoms with Gasteiger partial charge < -0.3 is 5.73 Å². The van der Waals surface area contributed by atoms with Gasteiger partial charge in [0.2, 0.25) is 0 Å². The van der Waals surface area contributed by atoms with Crippen LogP contribution in [0.15, 0.2) is 18.2 Å². The summed E-state index contributed by atoms with van der Waals surface area (Å²) in [5.41, 5.74) is 6.71. The van der Waals surface area contributed by atoms with Crippen LogP contribution < -0.4 is 5.73 Å². The first-order chi connectivity index (χ1) is 6.65. The van der Waals surface area contributed by atoms with Crippen LogP contribution in [0.25, 0.3) is 10.2 Å². The van der Waals surface area contributed by atoms with Crippen molar-refractivity contribution in [3.05, 3.63) is 28.2 Å². The number of pyridine rings is 1. The van der Waals surface area contributed by atoms with E-state index in [1.54, 1.807) is 11.3 Å². The molecule has 2 nitrogen and oxygen atoms in total. The molecule has 0 fully saturated rings. The van der Waals surface area contributed by atoms with Gasteiger partial charge in [-0.1, -0.05) is 11.6 Å². The zero-order valence-electron chi connectivity index (χ0n) is 7.83. The normalized spacial score (nSPS) is 13.4. The van der Waals surface area contributed by atoms with E-state index in [0.29, 0.717) is 5.15 Å². The Hall–Kier alpha value is -0.640. The molecule has 0 spiro atoms. The third-order valence-electron chi connectivity index (χ3n) is 1.91. The molecule has 14 heavy (non-hydrogen) atoms. The van der Waals surface area contributed by atoms with Gasteiger partial charge in [0, 0.05) is 10.9 Å². The van der Waals surface area contributed by atoms with E-state index in [9.17, 15) is 0 Å². The predicted octanol–water partition coefficient (Wildman–Crippen LogP) is 2.84. The van der Waals surface area contributed by atoms with Crippen molar-refractivity contribution in [1.82, 2.24) is 4.98 Å². The van der Waals surface area contributed by atoms with Crippen molar-refractivity contribution in [2.75, 3.05) is 0 Å². The highest BCUT2D eigenvalue weighted by molar-refractivity contribution is 7.19. The topological polar surface area (TPSA) is 38.9 Å². The Bertz CT molecular complexity index is 450. The monoisotopic (exact) mass is 226 g/mol. The van der Waals surface area contributed by atoms with Gasteiger partial charge in [-0.2, -0.15) is 0 Å². The number of fused-ring (bicyclic) bond motifs is 1. The maximum atomic E-state index is 5.80. The van der Waals surface area contributed by atoms with E-state index in [4.69, 9.17) is 17.3 Å². The Morgan fingerprint density at radius 2 is 2.36 bits per heavy atom. The second kappa shape index (κ2) is 3.85. The van der Waals surface area contributed by atoms with Gasteiger partial charge in [-0.15, -0.1) is 11.3 Å². The summed E-state index contributed by atoms with van der Waals surface area (Å²) in [5, 5.41) is 0.544. The van der Waals surface area contributed by atoms with Gasteiger partial charge in [-0.25, -0.2) is 4.98 Å². The molecule has 0 radical (unpaired) electrons. The minimum atomic E-state index is 0.193. The summed E-state index contributed by atoms with van der Waals surface area (Å²) in [6, 6.07) is 6.07. The van der Waals surface area contributed by atoms with Crippen molar-refractivity contribution in [3.63, 3.8) is 0 Å². The molecule has 0 saturated heterocycles. The quantitative estimate of drug-likeness (QED) is 0.800. The maximum Gasteiger partial charge on any atom is 0.129 e. The average Bonchev–Trinajstić information content (AvgIpc) is 2.44. The molecule has 2 rings (SSSR count). The fourth-order valence-corrected chi connectivity index (χ4v) is 2.67. The van der Waals surface area contributed by atoms with E-state index >= 15 is 0 Å². The molecule has 74 valence electrons. The van der Waals surface area contributed by atoms with E-state index in [1.807, 2.05) is 19.1 Å². The van der Waals surface area contributed by atoms with Crippen LogP contribution in [-0.2, 0) is 6.42 Å². The predicted molar refractivity (Wildman–Crippen MR) is 62.0 cm³/mol. The lowest BCUT2D eigenvalue weighted by Gasteiger charge is -1.99. The number of hydrogen-bond donors (Lipinski definition) is 1. The zero-order chi connectivity index (χ0) is 10.1. The van der Waals surface area contributed by atoms with Crippen LogP contribution in [0.5, 0.6) is 0 Å². The molecule has 0 saturated carbocycles. The first-order valence-corrected chi connectivity index (χ1v) is 5.65. The summed E-state index contributed by atoms with van der Waals surface area (Å²) in [6.07, 6.45) is 0.901. The van der Waals surface area contributed by atoms with Crippen LogP contribution in [0.2, 0.25) is 5.15 Å². The third-order valence-corrected chi connectivity index (χ3v) is 3.24. The number of nitrogens with zero attached hydrogens (tertiary/aromatic N) is 1. The minimum absolute atomic E-state index is 0.193. The SMILES string of the molecule is C[C@H](N)Cc1cc2nc(Cl)ccc2s1. The van der Waals surface area contributed by atoms with E-state index in [1.165, 1.54) is 9.58 Å². The van der Waals surface area contributed by atoms with Crippen LogP contribution in [-0.4, -0.2) is 11.0 Å². The Morgan fingerprint density at radius 1 is 1.57 bits per heavy atom. The van der Waals surface area contributed by atoms with Crippen LogP contribution in [0, 0.1) is 0 Å². The number of halogens is 1. The summed E-state index contributed by atoms with van der Waals surface area (Å²) >= 11 is 7.54. The molecule has 0 aliphatic rings. The Morgan fingerprint density at radius 3 is 3.07 bits per heavy atom. The molecule has 2 aromatic rings. The number of aromatic nitrogens is 1. The second-order valence-electron chi connectivity index (χ2n) is 3.41. The first kappa shape index (κ1) is 9.90. The van der Waals surface area contributed by atoms with Gasteiger partial charge in [0.05, 0.1) is 10.2 Å². The molecule has 0 unspecified atom stereocenters. The van der Waals surface area contributed by atoms with Crippen LogP contribution in [0.1, 0.15) is 11.8 Å². The lowest BCUT2D eigenvalue weighted by Crippen LogP contribution is -2.16. The van der Waals surface area contributed by atoms with E-state index in [0.717, 1.165) is 11.9 Å². The fraction of sp³-hybridized carbons (Fsp3) is 0.300. The molecular weight excluding hydrogens is 216 g/mol. The standard InChI is InChI=1S/C10H11ClN2S/c1-6(12)4-7-5-8-9(14-7)2-3-10(11)13-8/h2-3,5-6H,4,12H2,1H3/t6-/m0/s1. The molecule has 0 aliphatic heterocycles. The molecule has 1 atom stereocenters. The Balaban J connectivity index is 2.41. The highest BCUT2D eigenvalue weighted by Crippen LogP contribution is 2.26. The van der Waals surface area contributed by atoms with Crippen LogP contribution >= 0.6 is 22.9 Å². The molecule has 0 bridgehead atoms. The molecule has 0 amide bonds. The molecule has 0 aromatic carbocycles. The second-order valence-corrected chi connectivity index (χ2v) is 4.97.